The first-order chi connectivity index (χ1) is 20.7. The number of alkyl carbamates (subject to hydrolysis) is 1. The minimum Gasteiger partial charge on any atom is -0.497 e. The average Bonchev–Trinajstić information content (AvgIpc) is 3.68. The molecule has 12 atom stereocenters. The highest BCUT2D eigenvalue weighted by atomic mass is 16.8. The Bertz CT molecular complexity index is 1460. The third kappa shape index (κ3) is 2.87. The summed E-state index contributed by atoms with van der Waals surface area (Å²) in [6.07, 6.45) is -10.1. The number of aliphatic hydroxyl groups is 2. The van der Waals surface area contributed by atoms with Crippen LogP contribution in [-0.2, 0) is 49.4 Å². The van der Waals surface area contributed by atoms with Crippen molar-refractivity contribution in [2.45, 2.75) is 82.3 Å². The smallest absolute Gasteiger partial charge is 0.407 e. The predicted octanol–water partition coefficient (Wildman–Crippen LogP) is 0.198. The highest BCUT2D eigenvalue weighted by Crippen LogP contribution is 2.85. The van der Waals surface area contributed by atoms with Crippen molar-refractivity contribution >= 4 is 24.0 Å². The van der Waals surface area contributed by atoms with Crippen LogP contribution in [0.5, 0.6) is 5.75 Å². The SMILES string of the molecule is CNC(=O)O[C@@H]1C(C(C)(C)C)C23C(OC(=O)[C@@H]2OCc2ccc(OC)cc2)OC24C(=O)OC1C32C(O)C1OC(=O)[C@@H](C)[C@@]14O. The van der Waals surface area contributed by atoms with Crippen LogP contribution in [0.3, 0.4) is 0 Å². The van der Waals surface area contributed by atoms with E-state index in [1.165, 1.54) is 21.1 Å². The molecule has 44 heavy (non-hydrogen) atoms. The van der Waals surface area contributed by atoms with E-state index in [0.717, 1.165) is 0 Å². The van der Waals surface area contributed by atoms with Crippen LogP contribution in [0, 0.1) is 28.1 Å². The highest BCUT2D eigenvalue weighted by Gasteiger charge is 3.05. The number of rotatable bonds is 5. The van der Waals surface area contributed by atoms with Gasteiger partial charge in [0.25, 0.3) is 0 Å². The van der Waals surface area contributed by atoms with E-state index in [2.05, 4.69) is 5.32 Å². The lowest BCUT2D eigenvalue weighted by molar-refractivity contribution is -0.240. The second-order valence-corrected chi connectivity index (χ2v) is 13.5. The summed E-state index contributed by atoms with van der Waals surface area (Å²) in [6.45, 7) is 6.78. The molecule has 6 aliphatic rings. The molecule has 1 amide bonds. The van der Waals surface area contributed by atoms with Crippen LogP contribution in [0.25, 0.3) is 0 Å². The Hall–Kier alpha value is -3.46. The Labute approximate surface area is 252 Å². The molecule has 2 spiro atoms. The van der Waals surface area contributed by atoms with E-state index in [1.54, 1.807) is 24.3 Å². The monoisotopic (exact) mass is 617 g/mol. The molecule has 0 bridgehead atoms. The Kier molecular flexibility index (Phi) is 5.87. The van der Waals surface area contributed by atoms with Crippen molar-refractivity contribution < 1.29 is 62.5 Å². The summed E-state index contributed by atoms with van der Waals surface area (Å²) in [5, 5.41) is 27.2. The maximum atomic E-state index is 14.2. The molecule has 0 radical (unpaired) electrons. The molecule has 1 aromatic rings. The fourth-order valence-electron chi connectivity index (χ4n) is 9.62. The summed E-state index contributed by atoms with van der Waals surface area (Å²) < 4.78 is 41.3. The first-order valence-electron chi connectivity index (χ1n) is 14.5. The van der Waals surface area contributed by atoms with Gasteiger partial charge in [0.15, 0.2) is 23.9 Å². The number of hydrogen-bond donors (Lipinski definition) is 3. The zero-order valence-electron chi connectivity index (χ0n) is 25.0. The molecule has 4 saturated heterocycles. The minimum atomic E-state index is -2.45. The standard InChI is InChI=1S/C30H35NO13/c1-12-21(33)41-19-17(32)28-18-15(40-25(36)31-5)16(26(2,3)4)27(28)20(39-11-13-7-9-14(38-6)10-8-13)22(34)43-24(27)44-30(28,23(35)42-18)29(12,19)37/h7-10,12,15-20,24,32,37H,11H2,1-6H3,(H,31,36)/t12-,15-,16?,17?,18?,19?,20+,24?,27?,28?,29-,30?/m1/s1. The fraction of sp³-hybridized carbons (Fsp3) is 0.667. The molecule has 2 aliphatic carbocycles. The van der Waals surface area contributed by atoms with Gasteiger partial charge in [-0.2, -0.15) is 0 Å². The van der Waals surface area contributed by atoms with E-state index in [9.17, 15) is 29.4 Å². The molecule has 7 rings (SSSR count). The third-order valence-electron chi connectivity index (χ3n) is 10.9. The van der Waals surface area contributed by atoms with Gasteiger partial charge in [-0.25, -0.2) is 14.4 Å². The molecular formula is C30H35NO13. The second kappa shape index (κ2) is 8.83. The summed E-state index contributed by atoms with van der Waals surface area (Å²) in [6, 6.07) is 6.95. The molecule has 4 heterocycles. The molecule has 3 N–H and O–H groups in total. The van der Waals surface area contributed by atoms with E-state index in [1.807, 2.05) is 20.8 Å². The molecular weight excluding hydrogens is 582 g/mol. The van der Waals surface area contributed by atoms with Gasteiger partial charge < -0.3 is 48.7 Å². The van der Waals surface area contributed by atoms with Crippen molar-refractivity contribution in [2.24, 2.45) is 28.1 Å². The number of nitrogens with one attached hydrogen (secondary N) is 1. The summed E-state index contributed by atoms with van der Waals surface area (Å²) in [7, 11) is 2.89. The lowest BCUT2D eigenvalue weighted by Gasteiger charge is -2.48. The molecule has 2 saturated carbocycles. The Morgan fingerprint density at radius 2 is 1.73 bits per heavy atom. The maximum absolute atomic E-state index is 14.2. The minimum absolute atomic E-state index is 0.103. The molecule has 14 nitrogen and oxygen atoms in total. The largest absolute Gasteiger partial charge is 0.497 e. The summed E-state index contributed by atoms with van der Waals surface area (Å²) in [5.74, 6) is -4.42. The normalized spacial score (nSPS) is 46.0. The molecule has 6 fully saturated rings. The van der Waals surface area contributed by atoms with Gasteiger partial charge in [0, 0.05) is 13.0 Å². The molecule has 14 heteroatoms. The van der Waals surface area contributed by atoms with Gasteiger partial charge in [-0.3, -0.25) is 4.79 Å². The van der Waals surface area contributed by atoms with Gasteiger partial charge in [0.1, 0.15) is 18.0 Å². The first-order valence-corrected chi connectivity index (χ1v) is 14.5. The van der Waals surface area contributed by atoms with Crippen LogP contribution in [-0.4, -0.2) is 96.4 Å². The van der Waals surface area contributed by atoms with Gasteiger partial charge >= 0.3 is 24.0 Å². The average molecular weight is 618 g/mol. The fourth-order valence-corrected chi connectivity index (χ4v) is 9.62. The van der Waals surface area contributed by atoms with E-state index in [-0.39, 0.29) is 6.61 Å². The number of hydrogen-bond acceptors (Lipinski definition) is 13. The number of fused-ring (bicyclic) bond motifs is 1. The number of esters is 3. The van der Waals surface area contributed by atoms with Crippen molar-refractivity contribution in [1.82, 2.24) is 5.32 Å². The molecule has 0 aromatic heterocycles. The Morgan fingerprint density at radius 3 is 2.34 bits per heavy atom. The quantitative estimate of drug-likeness (QED) is 0.301. The van der Waals surface area contributed by atoms with Crippen LogP contribution >= 0.6 is 0 Å². The van der Waals surface area contributed by atoms with E-state index in [0.29, 0.717) is 11.3 Å². The topological polar surface area (TPSA) is 185 Å². The predicted molar refractivity (Wildman–Crippen MR) is 142 cm³/mol. The van der Waals surface area contributed by atoms with Crippen LogP contribution in [0.1, 0.15) is 33.3 Å². The van der Waals surface area contributed by atoms with Crippen LogP contribution < -0.4 is 10.1 Å². The number of benzene rings is 1. The van der Waals surface area contributed by atoms with Crippen molar-refractivity contribution in [2.75, 3.05) is 14.2 Å². The van der Waals surface area contributed by atoms with Crippen LogP contribution in [0.4, 0.5) is 4.79 Å². The maximum Gasteiger partial charge on any atom is 0.407 e. The molecule has 8 unspecified atom stereocenters. The lowest BCUT2D eigenvalue weighted by atomic mass is 9.51. The van der Waals surface area contributed by atoms with Gasteiger partial charge in [-0.15, -0.1) is 0 Å². The Balaban J connectivity index is 1.48. The number of amides is 1. The molecule has 238 valence electrons. The van der Waals surface area contributed by atoms with Gasteiger partial charge in [-0.1, -0.05) is 32.9 Å². The number of aliphatic hydroxyl groups excluding tert-OH is 1. The van der Waals surface area contributed by atoms with Crippen LogP contribution in [0.2, 0.25) is 0 Å². The first kappa shape index (κ1) is 29.3. The summed E-state index contributed by atoms with van der Waals surface area (Å²) >= 11 is 0. The number of carbonyl (C=O) groups is 4. The number of methoxy groups -OCH3 is 1. The van der Waals surface area contributed by atoms with Crippen LogP contribution in [0.15, 0.2) is 24.3 Å². The lowest BCUT2D eigenvalue weighted by Crippen LogP contribution is -2.67. The summed E-state index contributed by atoms with van der Waals surface area (Å²) in [4.78, 5) is 53.6. The molecule has 1 aromatic carbocycles. The number of carbonyl (C=O) groups excluding carboxylic acids is 4. The van der Waals surface area contributed by atoms with Gasteiger partial charge in [0.2, 0.25) is 11.9 Å². The summed E-state index contributed by atoms with van der Waals surface area (Å²) in [5.41, 5.74) is -8.86. The zero-order chi connectivity index (χ0) is 31.8. The van der Waals surface area contributed by atoms with Gasteiger partial charge in [0.05, 0.1) is 30.5 Å². The third-order valence-corrected chi connectivity index (χ3v) is 10.9. The van der Waals surface area contributed by atoms with Crippen molar-refractivity contribution in [3.05, 3.63) is 29.8 Å². The zero-order valence-corrected chi connectivity index (χ0v) is 25.0. The van der Waals surface area contributed by atoms with Gasteiger partial charge in [-0.05, 0) is 30.0 Å². The molecule has 4 aliphatic heterocycles. The second-order valence-electron chi connectivity index (χ2n) is 13.5. The number of ether oxygens (including phenoxy) is 7. The van der Waals surface area contributed by atoms with Crippen molar-refractivity contribution in [3.8, 4) is 5.75 Å². The van der Waals surface area contributed by atoms with Crippen molar-refractivity contribution in [3.63, 3.8) is 0 Å². The van der Waals surface area contributed by atoms with E-state index in [4.69, 9.17) is 33.2 Å². The Morgan fingerprint density at radius 1 is 1.05 bits per heavy atom. The van der Waals surface area contributed by atoms with E-state index < -0.39 is 100 Å². The van der Waals surface area contributed by atoms with Crippen molar-refractivity contribution in [1.29, 1.82) is 0 Å². The highest BCUT2D eigenvalue weighted by molar-refractivity contribution is 5.94. The van der Waals surface area contributed by atoms with E-state index >= 15 is 0 Å².